The lowest BCUT2D eigenvalue weighted by atomic mass is 10.2. The van der Waals surface area contributed by atoms with Crippen LogP contribution in [0.2, 0.25) is 0 Å². The molecule has 0 atom stereocenters. The van der Waals surface area contributed by atoms with Crippen LogP contribution in [0.1, 0.15) is 22.8 Å². The van der Waals surface area contributed by atoms with Crippen molar-refractivity contribution in [2.24, 2.45) is 0 Å². The number of carbonyl (C=O) groups is 2. The van der Waals surface area contributed by atoms with Crippen molar-refractivity contribution in [2.45, 2.75) is 23.6 Å². The molecule has 178 valence electrons. The second-order valence-electron chi connectivity index (χ2n) is 7.19. The van der Waals surface area contributed by atoms with Crippen molar-refractivity contribution in [2.75, 3.05) is 17.1 Å². The number of thioether (sulfide) groups is 1. The van der Waals surface area contributed by atoms with Crippen molar-refractivity contribution in [1.82, 2.24) is 10.9 Å². The molecule has 0 aliphatic rings. The average molecular weight is 500 g/mol. The van der Waals surface area contributed by atoms with Gasteiger partial charge in [0.15, 0.2) is 0 Å². The molecule has 3 N–H and O–H groups in total. The first-order chi connectivity index (χ1) is 16.3. The zero-order valence-electron chi connectivity index (χ0n) is 18.7. The summed E-state index contributed by atoms with van der Waals surface area (Å²) in [5.74, 6) is -0.279. The number of hydrazine groups is 1. The molecule has 3 rings (SSSR count). The number of carbonyl (C=O) groups excluding carboxylic acids is 2. The van der Waals surface area contributed by atoms with Gasteiger partial charge in [0.25, 0.3) is 15.9 Å². The van der Waals surface area contributed by atoms with Gasteiger partial charge < -0.3 is 4.74 Å². The number of rotatable bonds is 9. The Labute approximate surface area is 203 Å². The summed E-state index contributed by atoms with van der Waals surface area (Å²) in [6.45, 7) is 4.34. The Morgan fingerprint density at radius 1 is 0.941 bits per heavy atom. The second kappa shape index (κ2) is 11.6. The first kappa shape index (κ1) is 25.1. The summed E-state index contributed by atoms with van der Waals surface area (Å²) in [5, 5.41) is 0. The van der Waals surface area contributed by atoms with Crippen LogP contribution in [0.3, 0.4) is 0 Å². The highest BCUT2D eigenvalue weighted by molar-refractivity contribution is 8.00. The van der Waals surface area contributed by atoms with Crippen LogP contribution in [0.25, 0.3) is 0 Å². The predicted molar refractivity (Wildman–Crippen MR) is 132 cm³/mol. The van der Waals surface area contributed by atoms with Crippen molar-refractivity contribution in [3.63, 3.8) is 0 Å². The molecule has 0 aromatic heterocycles. The highest BCUT2D eigenvalue weighted by Crippen LogP contribution is 2.20. The fraction of sp³-hybridized carbons (Fsp3) is 0.167. The number of hydrogen-bond donors (Lipinski definition) is 3. The fourth-order valence-electron chi connectivity index (χ4n) is 2.82. The Balaban J connectivity index is 1.57. The molecular weight excluding hydrogens is 474 g/mol. The van der Waals surface area contributed by atoms with Gasteiger partial charge >= 0.3 is 0 Å². The molecule has 34 heavy (non-hydrogen) atoms. The monoisotopic (exact) mass is 499 g/mol. The van der Waals surface area contributed by atoms with Crippen molar-refractivity contribution in [1.29, 1.82) is 0 Å². The zero-order chi connectivity index (χ0) is 24.6. The first-order valence-corrected chi connectivity index (χ1v) is 12.9. The van der Waals surface area contributed by atoms with Crippen molar-refractivity contribution < 1.29 is 22.7 Å². The van der Waals surface area contributed by atoms with Gasteiger partial charge in [-0.05, 0) is 68.4 Å². The zero-order valence-corrected chi connectivity index (χ0v) is 20.3. The van der Waals surface area contributed by atoms with E-state index >= 15 is 0 Å². The van der Waals surface area contributed by atoms with Crippen LogP contribution < -0.4 is 20.3 Å². The molecule has 3 aromatic rings. The van der Waals surface area contributed by atoms with Gasteiger partial charge in [-0.2, -0.15) is 0 Å². The smallest absolute Gasteiger partial charge is 0.269 e. The normalized spacial score (nSPS) is 10.9. The Bertz CT molecular complexity index is 1240. The minimum Gasteiger partial charge on any atom is -0.494 e. The molecule has 0 aliphatic heterocycles. The maximum atomic E-state index is 12.7. The van der Waals surface area contributed by atoms with Gasteiger partial charge in [-0.3, -0.25) is 25.2 Å². The standard InChI is InChI=1S/C24H25N3O5S2/c1-3-32-20-11-9-19(10-12-20)27-34(30,31)22-6-4-5-18(15-22)24(29)26-25-23(28)16-33-21-13-7-17(2)8-14-21/h4-15,27H,3,16H2,1-2H3,(H,25,28)(H,26,29). The van der Waals surface area contributed by atoms with Crippen LogP contribution in [-0.4, -0.2) is 32.6 Å². The third-order valence-electron chi connectivity index (χ3n) is 4.53. The number of amides is 2. The molecule has 8 nitrogen and oxygen atoms in total. The van der Waals surface area contributed by atoms with E-state index in [2.05, 4.69) is 15.6 Å². The molecule has 0 aliphatic carbocycles. The van der Waals surface area contributed by atoms with Crippen LogP contribution in [0.15, 0.2) is 82.6 Å². The minimum absolute atomic E-state index is 0.0843. The molecule has 0 fully saturated rings. The molecule has 0 unspecified atom stereocenters. The number of nitrogens with one attached hydrogen (secondary N) is 3. The largest absolute Gasteiger partial charge is 0.494 e. The Hall–Kier alpha value is -3.50. The highest BCUT2D eigenvalue weighted by atomic mass is 32.2. The lowest BCUT2D eigenvalue weighted by Gasteiger charge is -2.11. The summed E-state index contributed by atoms with van der Waals surface area (Å²) < 4.78 is 33.3. The maximum absolute atomic E-state index is 12.7. The third-order valence-corrected chi connectivity index (χ3v) is 6.92. The van der Waals surface area contributed by atoms with Crippen molar-refractivity contribution in [3.8, 4) is 5.75 Å². The number of ether oxygens (including phenoxy) is 1. The molecule has 0 saturated heterocycles. The van der Waals surface area contributed by atoms with Gasteiger partial charge in [0.1, 0.15) is 5.75 Å². The quantitative estimate of drug-likeness (QED) is 0.305. The lowest BCUT2D eigenvalue weighted by Crippen LogP contribution is -2.42. The molecule has 0 radical (unpaired) electrons. The van der Waals surface area contributed by atoms with Gasteiger partial charge in [0.05, 0.1) is 17.3 Å². The van der Waals surface area contributed by atoms with E-state index in [-0.39, 0.29) is 22.1 Å². The molecule has 10 heteroatoms. The molecule has 0 heterocycles. The maximum Gasteiger partial charge on any atom is 0.269 e. The topological polar surface area (TPSA) is 114 Å². The molecule has 0 bridgehead atoms. The van der Waals surface area contributed by atoms with Crippen molar-refractivity contribution in [3.05, 3.63) is 83.9 Å². The van der Waals surface area contributed by atoms with E-state index in [0.717, 1.165) is 10.5 Å². The third kappa shape index (κ3) is 7.26. The van der Waals surface area contributed by atoms with Crippen LogP contribution in [0, 0.1) is 6.92 Å². The number of sulfonamides is 1. The van der Waals surface area contributed by atoms with Crippen LogP contribution >= 0.6 is 11.8 Å². The summed E-state index contributed by atoms with van der Waals surface area (Å²) in [6, 6.07) is 19.8. The molecule has 3 aromatic carbocycles. The van der Waals surface area contributed by atoms with Gasteiger partial charge in [-0.25, -0.2) is 8.42 Å². The summed E-state index contributed by atoms with van der Waals surface area (Å²) >= 11 is 1.34. The predicted octanol–water partition coefficient (Wildman–Crippen LogP) is 3.75. The van der Waals surface area contributed by atoms with E-state index in [0.29, 0.717) is 18.0 Å². The number of hydrogen-bond acceptors (Lipinski definition) is 6. The summed E-state index contributed by atoms with van der Waals surface area (Å²) in [7, 11) is -3.93. The van der Waals surface area contributed by atoms with Crippen LogP contribution in [-0.2, 0) is 14.8 Å². The average Bonchev–Trinajstić information content (AvgIpc) is 2.83. The van der Waals surface area contributed by atoms with Crippen LogP contribution in [0.5, 0.6) is 5.75 Å². The SMILES string of the molecule is CCOc1ccc(NS(=O)(=O)c2cccc(C(=O)NNC(=O)CSc3ccc(C)cc3)c2)cc1. The van der Waals surface area contributed by atoms with E-state index < -0.39 is 15.9 Å². The number of aryl methyl sites for hydroxylation is 1. The Kier molecular flexibility index (Phi) is 8.55. The summed E-state index contributed by atoms with van der Waals surface area (Å²) in [5.41, 5.74) is 6.22. The molecule has 0 saturated carbocycles. The fourth-order valence-corrected chi connectivity index (χ4v) is 4.63. The molecule has 2 amide bonds. The van der Waals surface area contributed by atoms with E-state index in [1.807, 2.05) is 38.1 Å². The van der Waals surface area contributed by atoms with E-state index in [9.17, 15) is 18.0 Å². The summed E-state index contributed by atoms with van der Waals surface area (Å²) in [4.78, 5) is 25.3. The molecule has 0 spiro atoms. The van der Waals surface area contributed by atoms with Gasteiger partial charge in [0, 0.05) is 16.1 Å². The minimum atomic E-state index is -3.93. The van der Waals surface area contributed by atoms with Gasteiger partial charge in [-0.1, -0.05) is 23.8 Å². The van der Waals surface area contributed by atoms with E-state index in [1.54, 1.807) is 24.3 Å². The first-order valence-electron chi connectivity index (χ1n) is 10.4. The lowest BCUT2D eigenvalue weighted by molar-refractivity contribution is -0.119. The van der Waals surface area contributed by atoms with E-state index in [1.165, 1.54) is 36.0 Å². The Morgan fingerprint density at radius 3 is 2.32 bits per heavy atom. The van der Waals surface area contributed by atoms with Gasteiger partial charge in [-0.15, -0.1) is 11.8 Å². The number of anilines is 1. The van der Waals surface area contributed by atoms with E-state index in [4.69, 9.17) is 4.74 Å². The second-order valence-corrected chi connectivity index (χ2v) is 9.93. The van der Waals surface area contributed by atoms with Gasteiger partial charge in [0.2, 0.25) is 5.91 Å². The molecular formula is C24H25N3O5S2. The number of benzene rings is 3. The Morgan fingerprint density at radius 2 is 1.65 bits per heavy atom. The van der Waals surface area contributed by atoms with Crippen LogP contribution in [0.4, 0.5) is 5.69 Å². The highest BCUT2D eigenvalue weighted by Gasteiger charge is 2.17. The van der Waals surface area contributed by atoms with Crippen molar-refractivity contribution >= 4 is 39.3 Å². The summed E-state index contributed by atoms with van der Waals surface area (Å²) in [6.07, 6.45) is 0.